The molecule has 0 saturated heterocycles. The molecule has 0 saturated carbocycles. The van der Waals surface area contributed by atoms with Gasteiger partial charge in [-0.15, -0.1) is 0 Å². The molecule has 0 N–H and O–H groups in total. The molecule has 14 heavy (non-hydrogen) atoms. The number of rotatable bonds is 3. The molecule has 1 heterocycles. The Bertz CT molecular complexity index is 334. The maximum atomic E-state index is 12.0. The Morgan fingerprint density at radius 2 is 2.14 bits per heavy atom. The van der Waals surface area contributed by atoms with E-state index in [1.54, 1.807) is 31.8 Å². The summed E-state index contributed by atoms with van der Waals surface area (Å²) in [5, 5.41) is 4.03. The minimum absolute atomic E-state index is 0.0440. The number of Topliss-reactive ketones (excluding diaryl/α,β-unsaturated/α-hetero) is 1. The number of nitrogens with zero attached hydrogens (tertiary/aromatic N) is 2. The Balaban J connectivity index is 3.13. The third kappa shape index (κ3) is 1.70. The SMILES string of the molecule is COC(C)(C)C(=O)c1c(C)cnn1C. The van der Waals surface area contributed by atoms with Crippen LogP contribution in [0.3, 0.4) is 0 Å². The van der Waals surface area contributed by atoms with Crippen LogP contribution in [0.5, 0.6) is 0 Å². The van der Waals surface area contributed by atoms with Crippen molar-refractivity contribution in [1.82, 2.24) is 9.78 Å². The van der Waals surface area contributed by atoms with E-state index < -0.39 is 5.60 Å². The first-order valence-electron chi connectivity index (χ1n) is 4.48. The highest BCUT2D eigenvalue weighted by Crippen LogP contribution is 2.18. The van der Waals surface area contributed by atoms with Gasteiger partial charge in [0.05, 0.1) is 6.20 Å². The molecule has 1 rings (SSSR count). The molecule has 0 spiro atoms. The van der Waals surface area contributed by atoms with Gasteiger partial charge < -0.3 is 4.74 Å². The molecule has 1 aromatic heterocycles. The van der Waals surface area contributed by atoms with Gasteiger partial charge in [-0.05, 0) is 26.3 Å². The summed E-state index contributed by atoms with van der Waals surface area (Å²) in [6.07, 6.45) is 1.68. The standard InChI is InChI=1S/C10H16N2O2/c1-7-6-11-12(4)8(7)9(13)10(2,3)14-5/h6H,1-5H3. The molecule has 0 amide bonds. The lowest BCUT2D eigenvalue weighted by molar-refractivity contribution is 0.0219. The van der Waals surface area contributed by atoms with Gasteiger partial charge in [-0.3, -0.25) is 9.48 Å². The maximum absolute atomic E-state index is 12.0. The van der Waals surface area contributed by atoms with E-state index in [1.165, 1.54) is 7.11 Å². The molecule has 0 bridgehead atoms. The summed E-state index contributed by atoms with van der Waals surface area (Å²) in [4.78, 5) is 12.0. The monoisotopic (exact) mass is 196 g/mol. The molecule has 78 valence electrons. The van der Waals surface area contributed by atoms with Crippen molar-refractivity contribution in [2.45, 2.75) is 26.4 Å². The second-order valence-electron chi connectivity index (χ2n) is 3.84. The summed E-state index contributed by atoms with van der Waals surface area (Å²) in [6.45, 7) is 5.37. The first kappa shape index (κ1) is 10.9. The lowest BCUT2D eigenvalue weighted by Gasteiger charge is -2.21. The molecule has 0 aliphatic heterocycles. The molecule has 0 fully saturated rings. The highest BCUT2D eigenvalue weighted by Gasteiger charge is 2.31. The zero-order chi connectivity index (χ0) is 10.9. The molecule has 0 atom stereocenters. The minimum Gasteiger partial charge on any atom is -0.371 e. The quantitative estimate of drug-likeness (QED) is 0.685. The second-order valence-corrected chi connectivity index (χ2v) is 3.84. The molecule has 0 aliphatic carbocycles. The van der Waals surface area contributed by atoms with Crippen molar-refractivity contribution in [2.24, 2.45) is 7.05 Å². The lowest BCUT2D eigenvalue weighted by atomic mass is 9.99. The molecule has 0 unspecified atom stereocenters. The highest BCUT2D eigenvalue weighted by molar-refractivity contribution is 6.01. The number of methoxy groups -OCH3 is 1. The molecular formula is C10H16N2O2. The zero-order valence-corrected chi connectivity index (χ0v) is 9.29. The fourth-order valence-corrected chi connectivity index (χ4v) is 1.25. The molecule has 0 aliphatic rings. The number of ether oxygens (including phenoxy) is 1. The van der Waals surface area contributed by atoms with Crippen LogP contribution < -0.4 is 0 Å². The van der Waals surface area contributed by atoms with Crippen molar-refractivity contribution in [1.29, 1.82) is 0 Å². The number of carbonyl (C=O) groups is 1. The molecule has 1 aromatic rings. The van der Waals surface area contributed by atoms with Crippen molar-refractivity contribution in [2.75, 3.05) is 7.11 Å². The minimum atomic E-state index is -0.793. The first-order chi connectivity index (χ1) is 6.40. The normalized spacial score (nSPS) is 11.8. The predicted octanol–water partition coefficient (Wildman–Crippen LogP) is 1.34. The summed E-state index contributed by atoms with van der Waals surface area (Å²) < 4.78 is 6.72. The summed E-state index contributed by atoms with van der Waals surface area (Å²) in [5.41, 5.74) is 0.693. The summed E-state index contributed by atoms with van der Waals surface area (Å²) in [7, 11) is 3.29. The van der Waals surface area contributed by atoms with E-state index in [0.29, 0.717) is 5.69 Å². The molecule has 4 heteroatoms. The van der Waals surface area contributed by atoms with Crippen LogP contribution in [-0.4, -0.2) is 28.3 Å². The van der Waals surface area contributed by atoms with Crippen LogP contribution in [0.1, 0.15) is 29.9 Å². The Hall–Kier alpha value is -1.16. The van der Waals surface area contributed by atoms with Gasteiger partial charge >= 0.3 is 0 Å². The van der Waals surface area contributed by atoms with Crippen molar-refractivity contribution < 1.29 is 9.53 Å². The summed E-state index contributed by atoms with van der Waals surface area (Å²) in [6, 6.07) is 0. The number of aromatic nitrogens is 2. The number of ketones is 1. The van der Waals surface area contributed by atoms with Crippen molar-refractivity contribution >= 4 is 5.78 Å². The fourth-order valence-electron chi connectivity index (χ4n) is 1.25. The van der Waals surface area contributed by atoms with Crippen molar-refractivity contribution in [3.8, 4) is 0 Å². The molecule has 4 nitrogen and oxygen atoms in total. The lowest BCUT2D eigenvalue weighted by Crippen LogP contribution is -2.35. The van der Waals surface area contributed by atoms with Crippen LogP contribution in [0.15, 0.2) is 6.20 Å². The van der Waals surface area contributed by atoms with Gasteiger partial charge in [0.1, 0.15) is 11.3 Å². The van der Waals surface area contributed by atoms with Gasteiger partial charge in [-0.25, -0.2) is 0 Å². The average Bonchev–Trinajstić information content (AvgIpc) is 2.45. The smallest absolute Gasteiger partial charge is 0.212 e. The Morgan fingerprint density at radius 3 is 2.50 bits per heavy atom. The van der Waals surface area contributed by atoms with Crippen LogP contribution in [0.25, 0.3) is 0 Å². The predicted molar refractivity (Wildman–Crippen MR) is 53.4 cm³/mol. The number of hydrogen-bond acceptors (Lipinski definition) is 3. The zero-order valence-electron chi connectivity index (χ0n) is 9.29. The van der Waals surface area contributed by atoms with E-state index in [1.807, 2.05) is 6.92 Å². The summed E-state index contributed by atoms with van der Waals surface area (Å²) in [5.74, 6) is -0.0440. The topological polar surface area (TPSA) is 44.1 Å². The largest absolute Gasteiger partial charge is 0.371 e. The van der Waals surface area contributed by atoms with Crippen molar-refractivity contribution in [3.05, 3.63) is 17.5 Å². The van der Waals surface area contributed by atoms with E-state index in [0.717, 1.165) is 5.56 Å². The van der Waals surface area contributed by atoms with E-state index in [2.05, 4.69) is 5.10 Å². The van der Waals surface area contributed by atoms with Crippen LogP contribution in [0, 0.1) is 6.92 Å². The highest BCUT2D eigenvalue weighted by atomic mass is 16.5. The van der Waals surface area contributed by atoms with E-state index in [9.17, 15) is 4.79 Å². The van der Waals surface area contributed by atoms with Gasteiger partial charge in [0.2, 0.25) is 5.78 Å². The van der Waals surface area contributed by atoms with Gasteiger partial charge in [-0.1, -0.05) is 0 Å². The van der Waals surface area contributed by atoms with Gasteiger partial charge in [-0.2, -0.15) is 5.10 Å². The maximum Gasteiger partial charge on any atom is 0.212 e. The Morgan fingerprint density at radius 1 is 1.57 bits per heavy atom. The molecule has 0 aromatic carbocycles. The summed E-state index contributed by atoms with van der Waals surface area (Å²) >= 11 is 0. The van der Waals surface area contributed by atoms with Crippen LogP contribution in [0.4, 0.5) is 0 Å². The van der Waals surface area contributed by atoms with E-state index in [-0.39, 0.29) is 5.78 Å². The Kier molecular flexibility index (Phi) is 2.76. The van der Waals surface area contributed by atoms with Crippen molar-refractivity contribution in [3.63, 3.8) is 0 Å². The molecule has 0 radical (unpaired) electrons. The first-order valence-corrected chi connectivity index (χ1v) is 4.48. The number of hydrogen-bond donors (Lipinski definition) is 0. The number of aryl methyl sites for hydroxylation is 2. The van der Waals surface area contributed by atoms with Gasteiger partial charge in [0.25, 0.3) is 0 Å². The average molecular weight is 196 g/mol. The van der Waals surface area contributed by atoms with Crippen LogP contribution in [0.2, 0.25) is 0 Å². The van der Waals surface area contributed by atoms with E-state index in [4.69, 9.17) is 4.74 Å². The fraction of sp³-hybridized carbons (Fsp3) is 0.600. The molecular weight excluding hydrogens is 180 g/mol. The van der Waals surface area contributed by atoms with Crippen LogP contribution in [-0.2, 0) is 11.8 Å². The van der Waals surface area contributed by atoms with Crippen LogP contribution >= 0.6 is 0 Å². The second kappa shape index (κ2) is 3.53. The van der Waals surface area contributed by atoms with E-state index >= 15 is 0 Å². The Labute approximate surface area is 83.9 Å². The number of carbonyl (C=O) groups excluding carboxylic acids is 1. The van der Waals surface area contributed by atoms with Gasteiger partial charge in [0.15, 0.2) is 0 Å². The third-order valence-electron chi connectivity index (χ3n) is 2.39. The third-order valence-corrected chi connectivity index (χ3v) is 2.39. The van der Waals surface area contributed by atoms with Gasteiger partial charge in [0, 0.05) is 14.2 Å².